The van der Waals surface area contributed by atoms with Gasteiger partial charge in [0.15, 0.2) is 9.84 Å². The van der Waals surface area contributed by atoms with Crippen molar-refractivity contribution in [2.45, 2.75) is 19.4 Å². The van der Waals surface area contributed by atoms with Crippen LogP contribution >= 0.6 is 0 Å². The van der Waals surface area contributed by atoms with E-state index in [9.17, 15) is 13.2 Å². The van der Waals surface area contributed by atoms with Crippen molar-refractivity contribution in [1.82, 2.24) is 5.32 Å². The maximum Gasteiger partial charge on any atom is 0.320 e. The number of sulfone groups is 1. The van der Waals surface area contributed by atoms with Gasteiger partial charge in [-0.05, 0) is 13.0 Å². The van der Waals surface area contributed by atoms with Gasteiger partial charge in [-0.3, -0.25) is 4.79 Å². The van der Waals surface area contributed by atoms with Gasteiger partial charge >= 0.3 is 5.97 Å². The monoisotopic (exact) mass is 279 g/mol. The molecule has 6 nitrogen and oxygen atoms in total. The molecule has 18 heavy (non-hydrogen) atoms. The van der Waals surface area contributed by atoms with Crippen LogP contribution in [-0.4, -0.2) is 58.8 Å². The lowest BCUT2D eigenvalue weighted by Gasteiger charge is -2.22. The minimum Gasteiger partial charge on any atom is -0.468 e. The highest BCUT2D eigenvalue weighted by Crippen LogP contribution is 2.18. The summed E-state index contributed by atoms with van der Waals surface area (Å²) in [5, 5.41) is 3.16. The topological polar surface area (TPSA) is 81.7 Å². The zero-order valence-corrected chi connectivity index (χ0v) is 11.7. The van der Waals surface area contributed by atoms with Gasteiger partial charge in [0.05, 0.1) is 19.5 Å². The molecule has 0 saturated carbocycles. The van der Waals surface area contributed by atoms with E-state index in [2.05, 4.69) is 10.1 Å². The fourth-order valence-corrected chi connectivity index (χ4v) is 3.60. The third-order valence-corrected chi connectivity index (χ3v) is 4.54. The SMILES string of the molecule is CCNC(CS(=O)(=O)CC(=O)OC)C1CCOC1. The summed E-state index contributed by atoms with van der Waals surface area (Å²) in [6, 6.07) is -0.160. The fourth-order valence-electron chi connectivity index (χ4n) is 2.06. The molecule has 0 aromatic carbocycles. The zero-order chi connectivity index (χ0) is 13.6. The van der Waals surface area contributed by atoms with Crippen molar-refractivity contribution < 1.29 is 22.7 Å². The van der Waals surface area contributed by atoms with Gasteiger partial charge in [0.1, 0.15) is 5.75 Å². The van der Waals surface area contributed by atoms with E-state index >= 15 is 0 Å². The van der Waals surface area contributed by atoms with Crippen molar-refractivity contribution in [3.05, 3.63) is 0 Å². The summed E-state index contributed by atoms with van der Waals surface area (Å²) in [6.45, 7) is 3.86. The highest BCUT2D eigenvalue weighted by molar-refractivity contribution is 7.92. The Morgan fingerprint density at radius 2 is 2.28 bits per heavy atom. The third-order valence-electron chi connectivity index (χ3n) is 3.00. The molecule has 1 N–H and O–H groups in total. The standard InChI is InChI=1S/C11H21NO5S/c1-3-12-10(9-4-5-17-6-9)7-18(14,15)8-11(13)16-2/h9-10,12H,3-8H2,1-2H3. The summed E-state index contributed by atoms with van der Waals surface area (Å²) in [5.74, 6) is -1.13. The van der Waals surface area contributed by atoms with Crippen molar-refractivity contribution in [2.24, 2.45) is 5.92 Å². The molecule has 106 valence electrons. The molecule has 7 heteroatoms. The second-order valence-electron chi connectivity index (χ2n) is 4.42. The molecule has 2 unspecified atom stereocenters. The van der Waals surface area contributed by atoms with Crippen LogP contribution in [0.15, 0.2) is 0 Å². The first-order chi connectivity index (χ1) is 8.48. The van der Waals surface area contributed by atoms with Crippen LogP contribution in [0.3, 0.4) is 0 Å². The quantitative estimate of drug-likeness (QED) is 0.638. The van der Waals surface area contributed by atoms with Crippen molar-refractivity contribution >= 4 is 15.8 Å². The van der Waals surface area contributed by atoms with Gasteiger partial charge < -0.3 is 14.8 Å². The number of carbonyl (C=O) groups excluding carboxylic acids is 1. The van der Waals surface area contributed by atoms with E-state index in [1.54, 1.807) is 0 Å². The number of esters is 1. The molecule has 0 amide bonds. The maximum atomic E-state index is 11.9. The van der Waals surface area contributed by atoms with Gasteiger partial charge in [-0.15, -0.1) is 0 Å². The Morgan fingerprint density at radius 3 is 2.78 bits per heavy atom. The lowest BCUT2D eigenvalue weighted by atomic mass is 10.0. The Hall–Kier alpha value is -0.660. The number of hydrogen-bond donors (Lipinski definition) is 1. The first-order valence-electron chi connectivity index (χ1n) is 6.07. The predicted molar refractivity (Wildman–Crippen MR) is 67.1 cm³/mol. The van der Waals surface area contributed by atoms with E-state index in [0.717, 1.165) is 6.42 Å². The van der Waals surface area contributed by atoms with E-state index in [1.807, 2.05) is 6.92 Å². The smallest absolute Gasteiger partial charge is 0.320 e. The Kier molecular flexibility index (Phi) is 6.04. The van der Waals surface area contributed by atoms with E-state index in [1.165, 1.54) is 7.11 Å². The second-order valence-corrected chi connectivity index (χ2v) is 6.53. The second kappa shape index (κ2) is 7.06. The van der Waals surface area contributed by atoms with Crippen LogP contribution in [0.25, 0.3) is 0 Å². The van der Waals surface area contributed by atoms with Crippen LogP contribution in [0.1, 0.15) is 13.3 Å². The number of carbonyl (C=O) groups is 1. The summed E-state index contributed by atoms with van der Waals surface area (Å²) in [6.07, 6.45) is 0.853. The van der Waals surface area contributed by atoms with Gasteiger partial charge in [0, 0.05) is 18.6 Å². The highest BCUT2D eigenvalue weighted by Gasteiger charge is 2.30. The molecular formula is C11H21NO5S. The minimum atomic E-state index is -3.44. The Balaban J connectivity index is 2.61. The predicted octanol–water partition coefficient (Wildman–Crippen LogP) is -0.411. The average Bonchev–Trinajstić information content (AvgIpc) is 2.80. The zero-order valence-electron chi connectivity index (χ0n) is 10.8. The van der Waals surface area contributed by atoms with Gasteiger partial charge in [0.2, 0.25) is 0 Å². The Labute approximate surface area is 108 Å². The molecule has 0 aliphatic carbocycles. The number of nitrogens with one attached hydrogen (secondary N) is 1. The molecule has 0 aromatic rings. The summed E-state index contributed by atoms with van der Waals surface area (Å²) in [7, 11) is -2.26. The Bertz CT molecular complexity index is 362. The number of rotatable bonds is 7. The molecule has 1 rings (SSSR count). The third kappa shape index (κ3) is 4.91. The summed E-state index contributed by atoms with van der Waals surface area (Å²) >= 11 is 0. The fraction of sp³-hybridized carbons (Fsp3) is 0.909. The summed E-state index contributed by atoms with van der Waals surface area (Å²) in [4.78, 5) is 11.0. The van der Waals surface area contributed by atoms with Gasteiger partial charge in [-0.25, -0.2) is 8.42 Å². The largest absolute Gasteiger partial charge is 0.468 e. The molecule has 0 bridgehead atoms. The van der Waals surface area contributed by atoms with E-state index < -0.39 is 21.6 Å². The molecule has 1 aliphatic rings. The first-order valence-corrected chi connectivity index (χ1v) is 7.89. The molecule has 2 atom stereocenters. The number of ether oxygens (including phenoxy) is 2. The van der Waals surface area contributed by atoms with Crippen molar-refractivity contribution in [2.75, 3.05) is 38.4 Å². The summed E-state index contributed by atoms with van der Waals surface area (Å²) < 4.78 is 33.4. The molecule has 0 radical (unpaired) electrons. The van der Waals surface area contributed by atoms with Gasteiger partial charge in [0.25, 0.3) is 0 Å². The van der Waals surface area contributed by atoms with Gasteiger partial charge in [-0.2, -0.15) is 0 Å². The van der Waals surface area contributed by atoms with Crippen LogP contribution in [0.2, 0.25) is 0 Å². The molecule has 0 aromatic heterocycles. The van der Waals surface area contributed by atoms with Gasteiger partial charge in [-0.1, -0.05) is 6.92 Å². The summed E-state index contributed by atoms with van der Waals surface area (Å²) in [5.41, 5.74) is 0. The van der Waals surface area contributed by atoms with E-state index in [4.69, 9.17) is 4.74 Å². The van der Waals surface area contributed by atoms with E-state index in [0.29, 0.717) is 19.8 Å². The normalized spacial score (nSPS) is 21.8. The minimum absolute atomic E-state index is 0.0516. The van der Waals surface area contributed by atoms with Crippen LogP contribution < -0.4 is 5.32 Å². The van der Waals surface area contributed by atoms with Crippen molar-refractivity contribution in [1.29, 1.82) is 0 Å². The van der Waals surface area contributed by atoms with Crippen LogP contribution in [0.4, 0.5) is 0 Å². The average molecular weight is 279 g/mol. The Morgan fingerprint density at radius 1 is 1.56 bits per heavy atom. The molecular weight excluding hydrogens is 258 g/mol. The molecule has 1 aliphatic heterocycles. The highest BCUT2D eigenvalue weighted by atomic mass is 32.2. The number of hydrogen-bond acceptors (Lipinski definition) is 6. The van der Waals surface area contributed by atoms with E-state index in [-0.39, 0.29) is 17.7 Å². The number of methoxy groups -OCH3 is 1. The lowest BCUT2D eigenvalue weighted by molar-refractivity contribution is -0.137. The van der Waals surface area contributed by atoms with Crippen LogP contribution in [0.5, 0.6) is 0 Å². The lowest BCUT2D eigenvalue weighted by Crippen LogP contribution is -2.43. The van der Waals surface area contributed by atoms with Crippen molar-refractivity contribution in [3.63, 3.8) is 0 Å². The maximum absolute atomic E-state index is 11.9. The van der Waals surface area contributed by atoms with Crippen molar-refractivity contribution in [3.8, 4) is 0 Å². The molecule has 1 saturated heterocycles. The molecule has 0 spiro atoms. The molecule has 1 heterocycles. The van der Waals surface area contributed by atoms with Crippen LogP contribution in [-0.2, 0) is 24.1 Å². The molecule has 1 fully saturated rings. The first kappa shape index (κ1) is 15.4. The van der Waals surface area contributed by atoms with Crippen LogP contribution in [0, 0.1) is 5.92 Å².